The molecule has 154 valence electrons. The average molecular weight is 378 g/mol. The molecule has 5 nitrogen and oxygen atoms in total. The minimum Gasteiger partial charge on any atom is -0.480 e. The number of carboxylic acids is 1. The molecule has 3 N–H and O–H groups in total. The molecule has 5 heteroatoms. The number of carbonyl (C=O) groups is 1. The molecule has 0 aromatic carbocycles. The third-order valence-electron chi connectivity index (χ3n) is 8.00. The SMILES string of the molecule is CC1CC(C)NC(N2CC3CCCCC3C(C3CCCCC3)C2C(=O)O)N1. The van der Waals surface area contributed by atoms with E-state index >= 15 is 0 Å². The summed E-state index contributed by atoms with van der Waals surface area (Å²) in [6.07, 6.45) is 12.6. The number of nitrogens with one attached hydrogen (secondary N) is 2. The van der Waals surface area contributed by atoms with Crippen LogP contribution in [0, 0.1) is 23.7 Å². The normalized spacial score (nSPS) is 44.6. The molecule has 4 rings (SSSR count). The Hall–Kier alpha value is -0.650. The molecule has 2 aliphatic carbocycles. The number of likely N-dealkylation sites (tertiary alicyclic amines) is 1. The Kier molecular flexibility index (Phi) is 6.10. The number of aliphatic carboxylic acids is 1. The summed E-state index contributed by atoms with van der Waals surface area (Å²) in [5.41, 5.74) is 0. The largest absolute Gasteiger partial charge is 0.480 e. The predicted molar refractivity (Wildman–Crippen MR) is 107 cm³/mol. The van der Waals surface area contributed by atoms with Crippen molar-refractivity contribution in [3.05, 3.63) is 0 Å². The van der Waals surface area contributed by atoms with Crippen LogP contribution in [0.3, 0.4) is 0 Å². The Labute approximate surface area is 164 Å². The Morgan fingerprint density at radius 1 is 0.889 bits per heavy atom. The number of piperidine rings is 1. The highest BCUT2D eigenvalue weighted by Gasteiger charge is 2.52. The van der Waals surface area contributed by atoms with Gasteiger partial charge in [0, 0.05) is 18.6 Å². The van der Waals surface area contributed by atoms with Gasteiger partial charge in [0.25, 0.3) is 0 Å². The van der Waals surface area contributed by atoms with Crippen LogP contribution < -0.4 is 10.6 Å². The van der Waals surface area contributed by atoms with Gasteiger partial charge in [-0.3, -0.25) is 20.3 Å². The van der Waals surface area contributed by atoms with Crippen molar-refractivity contribution < 1.29 is 9.90 Å². The second kappa shape index (κ2) is 8.38. The molecule has 0 amide bonds. The molecule has 4 aliphatic rings. The van der Waals surface area contributed by atoms with Crippen LogP contribution in [0.15, 0.2) is 0 Å². The molecule has 0 radical (unpaired) electrons. The van der Waals surface area contributed by atoms with Crippen LogP contribution in [0.1, 0.15) is 78.1 Å². The standard InChI is InChI=1S/C22H39N3O2/c1-14-12-15(2)24-22(23-14)25-13-17-10-6-7-11-18(17)19(20(25)21(26)27)16-8-4-3-5-9-16/h14-20,22-24H,3-13H2,1-2H3,(H,26,27). The summed E-state index contributed by atoms with van der Waals surface area (Å²) >= 11 is 0. The third kappa shape index (κ3) is 4.06. The molecule has 2 saturated carbocycles. The fourth-order valence-corrected chi connectivity index (χ4v) is 6.95. The molecule has 2 saturated heterocycles. The second-order valence-electron chi connectivity index (χ2n) is 9.94. The number of fused-ring (bicyclic) bond motifs is 1. The molecule has 0 aromatic rings. The summed E-state index contributed by atoms with van der Waals surface area (Å²) in [6.45, 7) is 5.40. The van der Waals surface area contributed by atoms with Crippen LogP contribution in [-0.2, 0) is 4.79 Å². The molecule has 6 atom stereocenters. The van der Waals surface area contributed by atoms with Gasteiger partial charge >= 0.3 is 5.97 Å². The number of rotatable bonds is 3. The summed E-state index contributed by atoms with van der Waals surface area (Å²) in [6, 6.07) is 0.519. The van der Waals surface area contributed by atoms with Crippen LogP contribution in [0.2, 0.25) is 0 Å². The van der Waals surface area contributed by atoms with Gasteiger partial charge in [-0.1, -0.05) is 44.9 Å². The lowest BCUT2D eigenvalue weighted by atomic mass is 9.60. The van der Waals surface area contributed by atoms with Gasteiger partial charge in [-0.05, 0) is 56.8 Å². The lowest BCUT2D eigenvalue weighted by Crippen LogP contribution is -2.71. The minimum atomic E-state index is -0.593. The highest BCUT2D eigenvalue weighted by atomic mass is 16.4. The number of carboxylic acid groups (broad SMARTS) is 1. The van der Waals surface area contributed by atoms with Gasteiger partial charge in [0.1, 0.15) is 12.3 Å². The van der Waals surface area contributed by atoms with E-state index in [1.54, 1.807) is 0 Å². The van der Waals surface area contributed by atoms with Gasteiger partial charge in [0.05, 0.1) is 0 Å². The molecule has 2 aliphatic heterocycles. The van der Waals surface area contributed by atoms with Gasteiger partial charge in [0.2, 0.25) is 0 Å². The molecular formula is C22H39N3O2. The van der Waals surface area contributed by atoms with Crippen molar-refractivity contribution >= 4 is 5.97 Å². The van der Waals surface area contributed by atoms with Crippen molar-refractivity contribution in [2.24, 2.45) is 23.7 Å². The predicted octanol–water partition coefficient (Wildman–Crippen LogP) is 3.40. The maximum Gasteiger partial charge on any atom is 0.321 e. The maximum atomic E-state index is 12.6. The smallest absolute Gasteiger partial charge is 0.321 e. The molecule has 2 heterocycles. The average Bonchev–Trinajstić information content (AvgIpc) is 2.66. The molecule has 0 spiro atoms. The lowest BCUT2D eigenvalue weighted by Gasteiger charge is -2.56. The van der Waals surface area contributed by atoms with Gasteiger partial charge in [0.15, 0.2) is 0 Å². The summed E-state index contributed by atoms with van der Waals surface area (Å²) in [5.74, 6) is 1.64. The van der Waals surface area contributed by atoms with Crippen molar-refractivity contribution in [3.63, 3.8) is 0 Å². The number of hydrogen-bond donors (Lipinski definition) is 3. The Morgan fingerprint density at radius 3 is 2.15 bits per heavy atom. The Bertz CT molecular complexity index is 512. The highest BCUT2D eigenvalue weighted by molar-refractivity contribution is 5.74. The van der Waals surface area contributed by atoms with E-state index in [0.29, 0.717) is 35.8 Å². The Balaban J connectivity index is 1.64. The zero-order chi connectivity index (χ0) is 19.0. The fourth-order valence-electron chi connectivity index (χ4n) is 6.95. The van der Waals surface area contributed by atoms with E-state index in [1.165, 1.54) is 57.8 Å². The Morgan fingerprint density at radius 2 is 1.48 bits per heavy atom. The first-order valence-electron chi connectivity index (χ1n) is 11.5. The van der Waals surface area contributed by atoms with Gasteiger partial charge in [-0.25, -0.2) is 0 Å². The summed E-state index contributed by atoms with van der Waals surface area (Å²) in [7, 11) is 0. The van der Waals surface area contributed by atoms with Crippen molar-refractivity contribution in [1.29, 1.82) is 0 Å². The summed E-state index contributed by atoms with van der Waals surface area (Å²) < 4.78 is 0. The summed E-state index contributed by atoms with van der Waals surface area (Å²) in [4.78, 5) is 14.9. The van der Waals surface area contributed by atoms with Crippen LogP contribution in [-0.4, -0.2) is 46.9 Å². The van der Waals surface area contributed by atoms with Crippen molar-refractivity contribution in [3.8, 4) is 0 Å². The first-order valence-corrected chi connectivity index (χ1v) is 11.5. The van der Waals surface area contributed by atoms with E-state index in [-0.39, 0.29) is 12.3 Å². The van der Waals surface area contributed by atoms with Crippen LogP contribution in [0.4, 0.5) is 0 Å². The van der Waals surface area contributed by atoms with E-state index in [0.717, 1.165) is 13.0 Å². The summed E-state index contributed by atoms with van der Waals surface area (Å²) in [5, 5.41) is 17.7. The van der Waals surface area contributed by atoms with E-state index in [1.807, 2.05) is 0 Å². The van der Waals surface area contributed by atoms with Crippen molar-refractivity contribution in [1.82, 2.24) is 15.5 Å². The molecular weight excluding hydrogens is 338 g/mol. The maximum absolute atomic E-state index is 12.6. The zero-order valence-electron chi connectivity index (χ0n) is 17.2. The highest BCUT2D eigenvalue weighted by Crippen LogP contribution is 2.48. The van der Waals surface area contributed by atoms with E-state index in [2.05, 4.69) is 29.4 Å². The first kappa shape index (κ1) is 19.7. The topological polar surface area (TPSA) is 64.6 Å². The van der Waals surface area contributed by atoms with Crippen molar-refractivity contribution in [2.75, 3.05) is 6.54 Å². The van der Waals surface area contributed by atoms with Gasteiger partial charge in [-0.2, -0.15) is 0 Å². The monoisotopic (exact) mass is 377 g/mol. The molecule has 27 heavy (non-hydrogen) atoms. The first-order chi connectivity index (χ1) is 13.0. The molecule has 6 unspecified atom stereocenters. The molecule has 0 bridgehead atoms. The zero-order valence-corrected chi connectivity index (χ0v) is 17.2. The van der Waals surface area contributed by atoms with Crippen LogP contribution >= 0.6 is 0 Å². The number of nitrogens with zero attached hydrogens (tertiary/aromatic N) is 1. The van der Waals surface area contributed by atoms with Gasteiger partial charge in [-0.15, -0.1) is 0 Å². The van der Waals surface area contributed by atoms with E-state index < -0.39 is 5.97 Å². The fraction of sp³-hybridized carbons (Fsp3) is 0.955. The van der Waals surface area contributed by atoms with Crippen LogP contribution in [0.5, 0.6) is 0 Å². The quantitative estimate of drug-likeness (QED) is 0.703. The molecule has 0 aromatic heterocycles. The minimum absolute atomic E-state index is 0.00110. The third-order valence-corrected chi connectivity index (χ3v) is 8.00. The van der Waals surface area contributed by atoms with Crippen molar-refractivity contribution in [2.45, 2.75) is 102 Å². The van der Waals surface area contributed by atoms with Gasteiger partial charge < -0.3 is 5.11 Å². The second-order valence-corrected chi connectivity index (χ2v) is 9.94. The lowest BCUT2D eigenvalue weighted by molar-refractivity contribution is -0.161. The molecule has 4 fully saturated rings. The number of hydrogen-bond acceptors (Lipinski definition) is 4. The van der Waals surface area contributed by atoms with Crippen LogP contribution in [0.25, 0.3) is 0 Å². The van der Waals surface area contributed by atoms with E-state index in [9.17, 15) is 9.90 Å². The van der Waals surface area contributed by atoms with E-state index in [4.69, 9.17) is 0 Å².